The molecule has 0 aliphatic heterocycles. The molecule has 0 fully saturated rings. The lowest BCUT2D eigenvalue weighted by Crippen LogP contribution is -2.40. The van der Waals surface area contributed by atoms with Gasteiger partial charge >= 0.3 is 11.9 Å². The van der Waals surface area contributed by atoms with Crippen molar-refractivity contribution in [3.8, 4) is 0 Å². The molecule has 5 nitrogen and oxygen atoms in total. The van der Waals surface area contributed by atoms with E-state index in [1.54, 1.807) is 34.6 Å². The predicted molar refractivity (Wildman–Crippen MR) is 59.9 cm³/mol. The van der Waals surface area contributed by atoms with Gasteiger partial charge in [0.2, 0.25) is 0 Å². The maximum Gasteiger partial charge on any atom is 0.322 e. The van der Waals surface area contributed by atoms with Gasteiger partial charge in [0.15, 0.2) is 0 Å². The summed E-state index contributed by atoms with van der Waals surface area (Å²) < 4.78 is 9.86. The van der Waals surface area contributed by atoms with E-state index in [1.165, 1.54) is 0 Å². The van der Waals surface area contributed by atoms with E-state index in [9.17, 15) is 9.59 Å². The van der Waals surface area contributed by atoms with Gasteiger partial charge in [-0.1, -0.05) is 0 Å². The summed E-state index contributed by atoms with van der Waals surface area (Å²) in [6.07, 6.45) is 0. The van der Waals surface area contributed by atoms with Crippen LogP contribution in [0.2, 0.25) is 0 Å². The number of esters is 2. The van der Waals surface area contributed by atoms with Crippen LogP contribution in [0.4, 0.5) is 0 Å². The summed E-state index contributed by atoms with van der Waals surface area (Å²) in [4.78, 5) is 22.5. The summed E-state index contributed by atoms with van der Waals surface area (Å²) in [6, 6.07) is -0.507. The second-order valence-electron chi connectivity index (χ2n) is 4.44. The molecule has 0 bridgehead atoms. The molecular weight excluding hydrogens is 210 g/mol. The first-order valence-electron chi connectivity index (χ1n) is 5.38. The summed E-state index contributed by atoms with van der Waals surface area (Å²) in [5, 5.41) is 2.74. The highest BCUT2D eigenvalue weighted by molar-refractivity contribution is 5.77. The lowest BCUT2D eigenvalue weighted by molar-refractivity contribution is -0.154. The fraction of sp³-hybridized carbons (Fsp3) is 0.818. The Balaban J connectivity index is 3.88. The summed E-state index contributed by atoms with van der Waals surface area (Å²) >= 11 is 0. The number of carbonyl (C=O) groups excluding carboxylic acids is 2. The molecule has 0 heterocycles. The molecular formula is C11H21NO4. The monoisotopic (exact) mass is 231 g/mol. The van der Waals surface area contributed by atoms with Crippen LogP contribution in [0.5, 0.6) is 0 Å². The fourth-order valence-electron chi connectivity index (χ4n) is 0.965. The van der Waals surface area contributed by atoms with E-state index in [2.05, 4.69) is 5.32 Å². The van der Waals surface area contributed by atoms with Crippen molar-refractivity contribution in [1.82, 2.24) is 5.32 Å². The molecule has 0 aliphatic rings. The third-order valence-electron chi connectivity index (χ3n) is 1.61. The Morgan fingerprint density at radius 3 is 2.31 bits per heavy atom. The highest BCUT2D eigenvalue weighted by Gasteiger charge is 2.18. The molecule has 0 rings (SSSR count). The van der Waals surface area contributed by atoms with Crippen LogP contribution in [0.15, 0.2) is 0 Å². The number of rotatable bonds is 5. The summed E-state index contributed by atoms with van der Waals surface area (Å²) in [5.74, 6) is -0.755. The van der Waals surface area contributed by atoms with Crippen molar-refractivity contribution in [1.29, 1.82) is 0 Å². The SMILES string of the molecule is CCOC(=O)C(C)NCC(=O)OC(C)(C)C. The van der Waals surface area contributed by atoms with Gasteiger partial charge < -0.3 is 9.47 Å². The largest absolute Gasteiger partial charge is 0.465 e. The second kappa shape index (κ2) is 6.48. The standard InChI is InChI=1S/C11H21NO4/c1-6-15-10(14)8(2)12-7-9(13)16-11(3,4)5/h8,12H,6-7H2,1-5H3. The number of hydrogen-bond donors (Lipinski definition) is 1. The molecule has 5 heteroatoms. The molecule has 0 radical (unpaired) electrons. The highest BCUT2D eigenvalue weighted by Crippen LogP contribution is 2.06. The van der Waals surface area contributed by atoms with Crippen molar-refractivity contribution in [2.24, 2.45) is 0 Å². The Kier molecular flexibility index (Phi) is 6.03. The van der Waals surface area contributed by atoms with Crippen LogP contribution >= 0.6 is 0 Å². The zero-order chi connectivity index (χ0) is 12.8. The van der Waals surface area contributed by atoms with Crippen molar-refractivity contribution in [3.05, 3.63) is 0 Å². The maximum atomic E-state index is 11.3. The van der Waals surface area contributed by atoms with Crippen LogP contribution in [0, 0.1) is 0 Å². The minimum absolute atomic E-state index is 0.00273. The molecule has 0 spiro atoms. The summed E-state index contributed by atoms with van der Waals surface area (Å²) in [6.45, 7) is 9.08. The van der Waals surface area contributed by atoms with Crippen molar-refractivity contribution in [2.45, 2.75) is 46.3 Å². The number of carbonyl (C=O) groups is 2. The van der Waals surface area contributed by atoms with Crippen molar-refractivity contribution >= 4 is 11.9 Å². The Labute approximate surface area is 96.5 Å². The average molecular weight is 231 g/mol. The summed E-state index contributed by atoms with van der Waals surface area (Å²) in [7, 11) is 0. The van der Waals surface area contributed by atoms with Gasteiger partial charge in [0, 0.05) is 0 Å². The van der Waals surface area contributed by atoms with E-state index in [-0.39, 0.29) is 18.5 Å². The van der Waals surface area contributed by atoms with Gasteiger partial charge in [-0.05, 0) is 34.6 Å². The van der Waals surface area contributed by atoms with Crippen LogP contribution in [0.1, 0.15) is 34.6 Å². The van der Waals surface area contributed by atoms with Crippen LogP contribution < -0.4 is 5.32 Å². The Morgan fingerprint density at radius 1 is 1.31 bits per heavy atom. The van der Waals surface area contributed by atoms with Crippen molar-refractivity contribution in [3.63, 3.8) is 0 Å². The molecule has 0 amide bonds. The molecule has 16 heavy (non-hydrogen) atoms. The zero-order valence-electron chi connectivity index (χ0n) is 10.6. The minimum Gasteiger partial charge on any atom is -0.465 e. The topological polar surface area (TPSA) is 64.6 Å². The Hall–Kier alpha value is -1.10. The van der Waals surface area contributed by atoms with E-state index >= 15 is 0 Å². The van der Waals surface area contributed by atoms with Gasteiger partial charge in [-0.3, -0.25) is 14.9 Å². The van der Waals surface area contributed by atoms with Gasteiger partial charge in [-0.15, -0.1) is 0 Å². The molecule has 1 N–H and O–H groups in total. The van der Waals surface area contributed by atoms with Gasteiger partial charge in [-0.2, -0.15) is 0 Å². The highest BCUT2D eigenvalue weighted by atomic mass is 16.6. The predicted octanol–water partition coefficient (Wildman–Crippen LogP) is 0.869. The van der Waals surface area contributed by atoms with E-state index in [1.807, 2.05) is 0 Å². The Bertz CT molecular complexity index is 245. The van der Waals surface area contributed by atoms with Gasteiger partial charge in [-0.25, -0.2) is 0 Å². The third-order valence-corrected chi connectivity index (χ3v) is 1.61. The fourth-order valence-corrected chi connectivity index (χ4v) is 0.965. The lowest BCUT2D eigenvalue weighted by Gasteiger charge is -2.20. The summed E-state index contributed by atoms with van der Waals surface area (Å²) in [5.41, 5.74) is -0.508. The smallest absolute Gasteiger partial charge is 0.322 e. The molecule has 94 valence electrons. The average Bonchev–Trinajstić information content (AvgIpc) is 2.11. The lowest BCUT2D eigenvalue weighted by atomic mass is 10.2. The molecule has 0 saturated heterocycles. The van der Waals surface area contributed by atoms with Crippen LogP contribution in [-0.2, 0) is 19.1 Å². The molecule has 0 aliphatic carbocycles. The zero-order valence-corrected chi connectivity index (χ0v) is 10.6. The molecule has 1 atom stereocenters. The first-order chi connectivity index (χ1) is 7.26. The maximum absolute atomic E-state index is 11.3. The van der Waals surface area contributed by atoms with Gasteiger partial charge in [0.1, 0.15) is 11.6 Å². The number of hydrogen-bond acceptors (Lipinski definition) is 5. The van der Waals surface area contributed by atoms with Gasteiger partial charge in [0.05, 0.1) is 13.2 Å². The molecule has 0 aromatic heterocycles. The van der Waals surface area contributed by atoms with E-state index < -0.39 is 11.6 Å². The third kappa shape index (κ3) is 7.23. The molecule has 0 aromatic rings. The van der Waals surface area contributed by atoms with Crippen LogP contribution in [-0.4, -0.2) is 36.7 Å². The van der Waals surface area contributed by atoms with Gasteiger partial charge in [0.25, 0.3) is 0 Å². The molecule has 0 aromatic carbocycles. The number of nitrogens with one attached hydrogen (secondary N) is 1. The molecule has 1 unspecified atom stereocenters. The van der Waals surface area contributed by atoms with Crippen LogP contribution in [0.3, 0.4) is 0 Å². The quantitative estimate of drug-likeness (QED) is 0.711. The first kappa shape index (κ1) is 14.9. The van der Waals surface area contributed by atoms with E-state index in [0.29, 0.717) is 6.61 Å². The Morgan fingerprint density at radius 2 is 1.88 bits per heavy atom. The van der Waals surface area contributed by atoms with E-state index in [4.69, 9.17) is 9.47 Å². The van der Waals surface area contributed by atoms with Crippen molar-refractivity contribution in [2.75, 3.05) is 13.2 Å². The van der Waals surface area contributed by atoms with Crippen LogP contribution in [0.25, 0.3) is 0 Å². The van der Waals surface area contributed by atoms with E-state index in [0.717, 1.165) is 0 Å². The first-order valence-corrected chi connectivity index (χ1v) is 5.38. The number of ether oxygens (including phenoxy) is 2. The minimum atomic E-state index is -0.508. The molecule has 0 saturated carbocycles. The van der Waals surface area contributed by atoms with Crippen molar-refractivity contribution < 1.29 is 19.1 Å². The second-order valence-corrected chi connectivity index (χ2v) is 4.44. The normalized spacial score (nSPS) is 13.1.